The number of imidazole rings is 1. The van der Waals surface area contributed by atoms with Crippen molar-refractivity contribution in [3.05, 3.63) is 100 Å². The Balaban J connectivity index is 1.75. The van der Waals surface area contributed by atoms with E-state index in [4.69, 9.17) is 4.98 Å². The number of aryl methyl sites for hydroxylation is 2. The number of hydrogen-bond donors (Lipinski definition) is 0. The minimum atomic E-state index is 0.232. The van der Waals surface area contributed by atoms with E-state index in [1.54, 1.807) is 0 Å². The van der Waals surface area contributed by atoms with Crippen LogP contribution < -0.4 is 0 Å². The summed E-state index contributed by atoms with van der Waals surface area (Å²) in [4.78, 5) is 5.07. The van der Waals surface area contributed by atoms with E-state index in [-0.39, 0.29) is 5.92 Å². The topological polar surface area (TPSA) is 17.8 Å². The second-order valence-corrected chi connectivity index (χ2v) is 9.04. The van der Waals surface area contributed by atoms with Gasteiger partial charge in [-0.3, -0.25) is 0 Å². The Morgan fingerprint density at radius 2 is 1.60 bits per heavy atom. The Labute approximate surface area is 180 Å². The summed E-state index contributed by atoms with van der Waals surface area (Å²) in [5.41, 5.74) is 8.99. The quantitative estimate of drug-likeness (QED) is 0.341. The van der Waals surface area contributed by atoms with Gasteiger partial charge in [0.1, 0.15) is 5.82 Å². The van der Waals surface area contributed by atoms with E-state index < -0.39 is 0 Å². The molecule has 3 aromatic carbocycles. The van der Waals surface area contributed by atoms with Crippen molar-refractivity contribution in [2.24, 2.45) is 5.92 Å². The van der Waals surface area contributed by atoms with Crippen molar-refractivity contribution in [3.8, 4) is 0 Å². The Bertz CT molecular complexity index is 1150. The molecule has 4 rings (SSSR count). The maximum absolute atomic E-state index is 5.07. The predicted molar refractivity (Wildman–Crippen MR) is 127 cm³/mol. The molecule has 30 heavy (non-hydrogen) atoms. The largest absolute Gasteiger partial charge is 0.323 e. The van der Waals surface area contributed by atoms with Crippen molar-refractivity contribution in [1.29, 1.82) is 0 Å². The molecular weight excluding hydrogens is 364 g/mol. The molecule has 0 spiro atoms. The highest BCUT2D eigenvalue weighted by atomic mass is 15.1. The Morgan fingerprint density at radius 3 is 2.33 bits per heavy atom. The van der Waals surface area contributed by atoms with E-state index in [0.717, 1.165) is 24.3 Å². The summed E-state index contributed by atoms with van der Waals surface area (Å²) < 4.78 is 2.41. The first-order valence-electron chi connectivity index (χ1n) is 11.0. The molecule has 0 fully saturated rings. The van der Waals surface area contributed by atoms with Crippen LogP contribution in [-0.2, 0) is 13.0 Å². The molecule has 0 saturated carbocycles. The first-order chi connectivity index (χ1) is 14.4. The number of aromatic nitrogens is 2. The van der Waals surface area contributed by atoms with Crippen molar-refractivity contribution in [1.82, 2.24) is 9.55 Å². The molecule has 0 aliphatic rings. The zero-order valence-electron chi connectivity index (χ0n) is 18.8. The monoisotopic (exact) mass is 396 g/mol. The molecule has 1 aromatic heterocycles. The van der Waals surface area contributed by atoms with Gasteiger partial charge in [0.25, 0.3) is 0 Å². The fourth-order valence-corrected chi connectivity index (χ4v) is 4.29. The lowest BCUT2D eigenvalue weighted by atomic mass is 9.96. The molecule has 0 N–H and O–H groups in total. The average molecular weight is 397 g/mol. The highest BCUT2D eigenvalue weighted by Crippen LogP contribution is 2.29. The Kier molecular flexibility index (Phi) is 5.76. The SMILES string of the molecule is Cc1ccc(C)c(Cn2c([C@H](C)c3ccc(CC(C)C)cc3)nc3ccccc32)c1. The third kappa shape index (κ3) is 4.18. The average Bonchev–Trinajstić information content (AvgIpc) is 3.09. The Hall–Kier alpha value is -2.87. The van der Waals surface area contributed by atoms with Crippen LogP contribution in [0.25, 0.3) is 11.0 Å². The number of hydrogen-bond acceptors (Lipinski definition) is 1. The fourth-order valence-electron chi connectivity index (χ4n) is 4.29. The van der Waals surface area contributed by atoms with Gasteiger partial charge in [0.2, 0.25) is 0 Å². The summed E-state index contributed by atoms with van der Waals surface area (Å²) in [7, 11) is 0. The molecule has 1 atom stereocenters. The molecule has 4 aromatic rings. The van der Waals surface area contributed by atoms with Crippen LogP contribution in [-0.4, -0.2) is 9.55 Å². The van der Waals surface area contributed by atoms with Gasteiger partial charge in [-0.05, 0) is 60.6 Å². The second kappa shape index (κ2) is 8.47. The molecule has 0 unspecified atom stereocenters. The van der Waals surface area contributed by atoms with Crippen molar-refractivity contribution in [2.75, 3.05) is 0 Å². The maximum Gasteiger partial charge on any atom is 0.117 e. The summed E-state index contributed by atoms with van der Waals surface area (Å²) in [5.74, 6) is 2.04. The van der Waals surface area contributed by atoms with E-state index in [1.165, 1.54) is 33.3 Å². The highest BCUT2D eigenvalue weighted by molar-refractivity contribution is 5.76. The summed E-state index contributed by atoms with van der Waals surface area (Å²) in [5, 5.41) is 0. The minimum absolute atomic E-state index is 0.232. The first-order valence-corrected chi connectivity index (χ1v) is 11.0. The molecule has 0 aliphatic heterocycles. The fraction of sp³-hybridized carbons (Fsp3) is 0.321. The van der Waals surface area contributed by atoms with Gasteiger partial charge in [0, 0.05) is 12.5 Å². The van der Waals surface area contributed by atoms with E-state index in [1.807, 2.05) is 0 Å². The van der Waals surface area contributed by atoms with Crippen LogP contribution in [0.2, 0.25) is 0 Å². The lowest BCUT2D eigenvalue weighted by Gasteiger charge is -2.17. The van der Waals surface area contributed by atoms with E-state index in [2.05, 4.69) is 106 Å². The molecule has 1 heterocycles. The zero-order chi connectivity index (χ0) is 21.3. The number of benzene rings is 3. The third-order valence-electron chi connectivity index (χ3n) is 6.03. The number of nitrogens with zero attached hydrogens (tertiary/aromatic N) is 2. The maximum atomic E-state index is 5.07. The van der Waals surface area contributed by atoms with Crippen LogP contribution in [0.4, 0.5) is 0 Å². The molecule has 0 bridgehead atoms. The molecule has 0 aliphatic carbocycles. The molecule has 0 radical (unpaired) electrons. The highest BCUT2D eigenvalue weighted by Gasteiger charge is 2.19. The molecule has 2 heteroatoms. The smallest absolute Gasteiger partial charge is 0.117 e. The van der Waals surface area contributed by atoms with Crippen LogP contribution >= 0.6 is 0 Å². The molecule has 0 saturated heterocycles. The van der Waals surface area contributed by atoms with Gasteiger partial charge in [-0.25, -0.2) is 4.98 Å². The zero-order valence-corrected chi connectivity index (χ0v) is 18.8. The van der Waals surface area contributed by atoms with E-state index in [9.17, 15) is 0 Å². The van der Waals surface area contributed by atoms with E-state index in [0.29, 0.717) is 5.92 Å². The second-order valence-electron chi connectivity index (χ2n) is 9.04. The third-order valence-corrected chi connectivity index (χ3v) is 6.03. The van der Waals surface area contributed by atoms with Crippen LogP contribution in [0.3, 0.4) is 0 Å². The summed E-state index contributed by atoms with van der Waals surface area (Å²) in [6.45, 7) is 12.0. The van der Waals surface area contributed by atoms with Gasteiger partial charge in [-0.2, -0.15) is 0 Å². The van der Waals surface area contributed by atoms with Crippen LogP contribution in [0.5, 0.6) is 0 Å². The molecule has 2 nitrogen and oxygen atoms in total. The number of para-hydroxylation sites is 2. The Morgan fingerprint density at radius 1 is 0.867 bits per heavy atom. The molecule has 0 amide bonds. The van der Waals surface area contributed by atoms with Crippen LogP contribution in [0.1, 0.15) is 60.3 Å². The molecule has 154 valence electrons. The van der Waals surface area contributed by atoms with Crippen LogP contribution in [0.15, 0.2) is 66.7 Å². The standard InChI is InChI=1S/C28H32N2/c1-19(2)16-23-12-14-24(15-13-23)22(5)28-29-26-8-6-7-9-27(26)30(28)18-25-17-20(3)10-11-21(25)4/h6-15,17,19,22H,16,18H2,1-5H3/t22-/m1/s1. The lowest BCUT2D eigenvalue weighted by Crippen LogP contribution is -2.10. The van der Waals surface area contributed by atoms with Crippen molar-refractivity contribution < 1.29 is 0 Å². The van der Waals surface area contributed by atoms with Gasteiger partial charge in [-0.15, -0.1) is 0 Å². The predicted octanol–water partition coefficient (Wildman–Crippen LogP) is 7.05. The van der Waals surface area contributed by atoms with E-state index >= 15 is 0 Å². The number of fused-ring (bicyclic) bond motifs is 1. The lowest BCUT2D eigenvalue weighted by molar-refractivity contribution is 0.646. The van der Waals surface area contributed by atoms with Crippen molar-refractivity contribution >= 4 is 11.0 Å². The summed E-state index contributed by atoms with van der Waals surface area (Å²) in [6, 6.07) is 24.3. The van der Waals surface area contributed by atoms with Gasteiger partial charge in [0.15, 0.2) is 0 Å². The van der Waals surface area contributed by atoms with Crippen molar-refractivity contribution in [3.63, 3.8) is 0 Å². The van der Waals surface area contributed by atoms with Crippen molar-refractivity contribution in [2.45, 2.75) is 53.5 Å². The van der Waals surface area contributed by atoms with Crippen LogP contribution in [0, 0.1) is 19.8 Å². The van der Waals surface area contributed by atoms with Gasteiger partial charge in [-0.1, -0.05) is 80.9 Å². The summed E-state index contributed by atoms with van der Waals surface area (Å²) in [6.07, 6.45) is 1.12. The first kappa shape index (κ1) is 20.4. The van der Waals surface area contributed by atoms with Gasteiger partial charge < -0.3 is 4.57 Å². The summed E-state index contributed by atoms with van der Waals surface area (Å²) >= 11 is 0. The molecular formula is C28H32N2. The normalized spacial score (nSPS) is 12.6. The van der Waals surface area contributed by atoms with Gasteiger partial charge in [0.05, 0.1) is 11.0 Å². The number of rotatable bonds is 6. The van der Waals surface area contributed by atoms with Gasteiger partial charge >= 0.3 is 0 Å². The minimum Gasteiger partial charge on any atom is -0.323 e.